The predicted molar refractivity (Wildman–Crippen MR) is 117 cm³/mol. The van der Waals surface area contributed by atoms with Crippen LogP contribution < -0.4 is 0 Å². The Morgan fingerprint density at radius 3 is 2.67 bits per heavy atom. The fourth-order valence-corrected chi connectivity index (χ4v) is 4.97. The molecule has 3 rings (SSSR count). The third-order valence-electron chi connectivity index (χ3n) is 5.63. The Labute approximate surface area is 181 Å². The molecule has 6 heteroatoms. The van der Waals surface area contributed by atoms with Crippen molar-refractivity contribution in [3.8, 4) is 0 Å². The van der Waals surface area contributed by atoms with Crippen molar-refractivity contribution in [3.05, 3.63) is 51.0 Å². The molecule has 30 heavy (non-hydrogen) atoms. The van der Waals surface area contributed by atoms with Crippen LogP contribution >= 0.6 is 11.3 Å². The number of aryl methyl sites for hydroxylation is 2. The number of ether oxygens (including phenoxy) is 1. The number of hydrogen-bond donors (Lipinski definition) is 0. The van der Waals surface area contributed by atoms with Gasteiger partial charge in [-0.25, -0.2) is 4.98 Å². The number of nitrogens with zero attached hydrogens (tertiary/aromatic N) is 1. The highest BCUT2D eigenvalue weighted by molar-refractivity contribution is 7.11. The molecule has 1 aromatic carbocycles. The largest absolute Gasteiger partial charge is 0.469 e. The van der Waals surface area contributed by atoms with Crippen molar-refractivity contribution in [2.45, 2.75) is 64.7 Å². The van der Waals surface area contributed by atoms with Crippen LogP contribution in [0, 0.1) is 12.8 Å². The summed E-state index contributed by atoms with van der Waals surface area (Å²) in [7, 11) is 1.39. The van der Waals surface area contributed by atoms with E-state index in [4.69, 9.17) is 0 Å². The highest BCUT2D eigenvalue weighted by Crippen LogP contribution is 2.30. The lowest BCUT2D eigenvalue weighted by atomic mass is 9.90. The van der Waals surface area contributed by atoms with E-state index in [1.807, 2.05) is 25.1 Å². The van der Waals surface area contributed by atoms with Gasteiger partial charge in [-0.3, -0.25) is 14.4 Å². The second kappa shape index (κ2) is 10.6. The quantitative estimate of drug-likeness (QED) is 0.407. The summed E-state index contributed by atoms with van der Waals surface area (Å²) in [5.41, 5.74) is 2.60. The first-order chi connectivity index (χ1) is 14.5. The van der Waals surface area contributed by atoms with Crippen molar-refractivity contribution in [1.29, 1.82) is 0 Å². The maximum absolute atomic E-state index is 13.0. The summed E-state index contributed by atoms with van der Waals surface area (Å²) in [6.45, 7) is 1.98. The van der Waals surface area contributed by atoms with Crippen molar-refractivity contribution in [3.63, 3.8) is 0 Å². The zero-order valence-electron chi connectivity index (χ0n) is 17.7. The molecule has 5 nitrogen and oxygen atoms in total. The number of benzene rings is 1. The fraction of sp³-hybridized carbons (Fsp3) is 0.500. The molecule has 0 unspecified atom stereocenters. The molecule has 1 fully saturated rings. The molecule has 1 aliphatic carbocycles. The van der Waals surface area contributed by atoms with Gasteiger partial charge in [-0.15, -0.1) is 11.3 Å². The molecular formula is C24H29NO4S. The smallest absolute Gasteiger partial charge is 0.305 e. The van der Waals surface area contributed by atoms with Gasteiger partial charge in [-0.1, -0.05) is 30.5 Å². The van der Waals surface area contributed by atoms with Gasteiger partial charge in [0.2, 0.25) is 0 Å². The minimum Gasteiger partial charge on any atom is -0.469 e. The molecule has 0 N–H and O–H groups in total. The molecule has 0 bridgehead atoms. The van der Waals surface area contributed by atoms with Gasteiger partial charge in [-0.2, -0.15) is 0 Å². The number of hydrogen-bond acceptors (Lipinski definition) is 6. The van der Waals surface area contributed by atoms with E-state index in [0.29, 0.717) is 12.8 Å². The van der Waals surface area contributed by atoms with Gasteiger partial charge in [0.25, 0.3) is 0 Å². The Kier molecular flexibility index (Phi) is 7.91. The van der Waals surface area contributed by atoms with Crippen LogP contribution in [0.2, 0.25) is 0 Å². The van der Waals surface area contributed by atoms with E-state index >= 15 is 0 Å². The summed E-state index contributed by atoms with van der Waals surface area (Å²) >= 11 is 1.51. The first-order valence-corrected chi connectivity index (χ1v) is 11.4. The summed E-state index contributed by atoms with van der Waals surface area (Å²) < 4.78 is 4.65. The Morgan fingerprint density at radius 2 is 1.93 bits per heavy atom. The molecule has 160 valence electrons. The van der Waals surface area contributed by atoms with Crippen LogP contribution in [0.3, 0.4) is 0 Å². The Balaban J connectivity index is 1.60. The van der Waals surface area contributed by atoms with Gasteiger partial charge in [0.05, 0.1) is 13.5 Å². The van der Waals surface area contributed by atoms with Crippen LogP contribution in [0.15, 0.2) is 24.4 Å². The standard InChI is InChI=1S/C24H29NO4S/c1-16-10-11-18(21(12-16)24(28)17-6-3-4-7-17)13-19(26)14-22-25-15-20(30-22)8-5-9-23(27)29-2/h10-12,15,17H,3-9,13-14H2,1-2H3. The highest BCUT2D eigenvalue weighted by atomic mass is 32.1. The number of carbonyl (C=O) groups excluding carboxylic acids is 3. The maximum atomic E-state index is 13.0. The summed E-state index contributed by atoms with van der Waals surface area (Å²) in [6.07, 6.45) is 8.29. The first-order valence-electron chi connectivity index (χ1n) is 10.6. The Hall–Kier alpha value is -2.34. The van der Waals surface area contributed by atoms with Gasteiger partial charge in [0, 0.05) is 35.4 Å². The number of methoxy groups -OCH3 is 1. The van der Waals surface area contributed by atoms with Crippen molar-refractivity contribution in [2.24, 2.45) is 5.92 Å². The third kappa shape index (κ3) is 6.08. The van der Waals surface area contributed by atoms with E-state index in [1.54, 1.807) is 6.20 Å². The van der Waals surface area contributed by atoms with Crippen LogP contribution in [-0.2, 0) is 33.6 Å². The van der Waals surface area contributed by atoms with Crippen molar-refractivity contribution < 1.29 is 19.1 Å². The second-order valence-corrected chi connectivity index (χ2v) is 9.25. The molecule has 1 saturated carbocycles. The van der Waals surface area contributed by atoms with E-state index in [1.165, 1.54) is 18.4 Å². The topological polar surface area (TPSA) is 73.3 Å². The van der Waals surface area contributed by atoms with Crippen molar-refractivity contribution in [2.75, 3.05) is 7.11 Å². The molecule has 2 aromatic rings. The highest BCUT2D eigenvalue weighted by Gasteiger charge is 2.26. The van der Waals surface area contributed by atoms with Crippen LogP contribution in [0.4, 0.5) is 0 Å². The molecular weight excluding hydrogens is 398 g/mol. The number of aromatic nitrogens is 1. The number of esters is 1. The minimum atomic E-state index is -0.212. The first kappa shape index (κ1) is 22.3. The monoisotopic (exact) mass is 427 g/mol. The molecule has 0 spiro atoms. The van der Waals surface area contributed by atoms with Crippen molar-refractivity contribution >= 4 is 28.9 Å². The van der Waals surface area contributed by atoms with Crippen LogP contribution in [0.5, 0.6) is 0 Å². The van der Waals surface area contributed by atoms with Gasteiger partial charge < -0.3 is 4.74 Å². The molecule has 0 saturated heterocycles. The molecule has 1 aliphatic rings. The average Bonchev–Trinajstić information content (AvgIpc) is 3.41. The number of rotatable bonds is 10. The zero-order valence-corrected chi connectivity index (χ0v) is 18.6. The molecule has 0 atom stereocenters. The predicted octanol–water partition coefficient (Wildman–Crippen LogP) is 4.67. The van der Waals surface area contributed by atoms with Gasteiger partial charge in [0.1, 0.15) is 10.8 Å². The fourth-order valence-electron chi connectivity index (χ4n) is 3.98. The molecule has 1 heterocycles. The van der Waals surface area contributed by atoms with Crippen LogP contribution in [-0.4, -0.2) is 29.6 Å². The summed E-state index contributed by atoms with van der Waals surface area (Å²) in [5.74, 6) is 0.152. The van der Waals surface area contributed by atoms with E-state index in [2.05, 4.69) is 9.72 Å². The zero-order chi connectivity index (χ0) is 21.5. The number of Topliss-reactive ketones (excluding diaryl/α,β-unsaturated/α-hetero) is 2. The average molecular weight is 428 g/mol. The molecule has 0 aliphatic heterocycles. The number of thiazole rings is 1. The number of carbonyl (C=O) groups is 3. The lowest BCUT2D eigenvalue weighted by Crippen LogP contribution is -2.16. The SMILES string of the molecule is COC(=O)CCCc1cnc(CC(=O)Cc2ccc(C)cc2C(=O)C2CCCC2)s1. The van der Waals surface area contributed by atoms with Crippen LogP contribution in [0.1, 0.15) is 69.9 Å². The third-order valence-corrected chi connectivity index (χ3v) is 6.68. The number of ketones is 2. The molecule has 0 radical (unpaired) electrons. The normalized spacial score (nSPS) is 14.1. The molecule has 1 aromatic heterocycles. The maximum Gasteiger partial charge on any atom is 0.305 e. The van der Waals surface area contributed by atoms with Crippen molar-refractivity contribution in [1.82, 2.24) is 4.98 Å². The summed E-state index contributed by atoms with van der Waals surface area (Å²) in [6, 6.07) is 5.83. The Bertz CT molecular complexity index is 912. The van der Waals surface area contributed by atoms with Gasteiger partial charge >= 0.3 is 5.97 Å². The van der Waals surface area contributed by atoms with E-state index in [9.17, 15) is 14.4 Å². The van der Waals surface area contributed by atoms with Crippen LogP contribution in [0.25, 0.3) is 0 Å². The van der Waals surface area contributed by atoms with E-state index in [0.717, 1.165) is 58.7 Å². The van der Waals surface area contributed by atoms with E-state index < -0.39 is 0 Å². The minimum absolute atomic E-state index is 0.0646. The lowest BCUT2D eigenvalue weighted by molar-refractivity contribution is -0.140. The molecule has 0 amide bonds. The van der Waals surface area contributed by atoms with Gasteiger partial charge in [-0.05, 0) is 44.2 Å². The van der Waals surface area contributed by atoms with E-state index in [-0.39, 0.29) is 36.3 Å². The summed E-state index contributed by atoms with van der Waals surface area (Å²) in [5, 5.41) is 0.781. The summed E-state index contributed by atoms with van der Waals surface area (Å²) in [4.78, 5) is 42.3. The lowest BCUT2D eigenvalue weighted by Gasteiger charge is -2.13. The Morgan fingerprint density at radius 1 is 1.17 bits per heavy atom. The second-order valence-electron chi connectivity index (χ2n) is 8.05. The van der Waals surface area contributed by atoms with Gasteiger partial charge in [0.15, 0.2) is 5.78 Å².